The summed E-state index contributed by atoms with van der Waals surface area (Å²) in [7, 11) is 0. The second-order valence-corrected chi connectivity index (χ2v) is 7.34. The van der Waals surface area contributed by atoms with E-state index in [0.29, 0.717) is 0 Å². The van der Waals surface area contributed by atoms with Crippen molar-refractivity contribution in [1.29, 1.82) is 0 Å². The van der Waals surface area contributed by atoms with Crippen LogP contribution in [0.4, 0.5) is 0 Å². The lowest BCUT2D eigenvalue weighted by molar-refractivity contribution is 0.484. The first-order valence-electron chi connectivity index (χ1n) is 9.01. The lowest BCUT2D eigenvalue weighted by Crippen LogP contribution is -2.18. The van der Waals surface area contributed by atoms with Crippen molar-refractivity contribution in [3.8, 4) is 0 Å². The summed E-state index contributed by atoms with van der Waals surface area (Å²) >= 11 is 0. The molecule has 0 radical (unpaired) electrons. The Labute approximate surface area is 137 Å². The molecule has 2 aliphatic carbocycles. The average Bonchev–Trinajstić information content (AvgIpc) is 2.48. The molecule has 2 rings (SSSR count). The maximum Gasteiger partial charge on any atom is 0.0132 e. The number of hydrogen-bond acceptors (Lipinski definition) is 1. The highest BCUT2D eigenvalue weighted by Crippen LogP contribution is 2.36. The Morgan fingerprint density at radius 3 is 2.59 bits per heavy atom. The predicted molar refractivity (Wildman–Crippen MR) is 98.0 cm³/mol. The molecule has 22 heavy (non-hydrogen) atoms. The minimum atomic E-state index is 0.813. The van der Waals surface area contributed by atoms with Crippen molar-refractivity contribution in [2.45, 2.75) is 58.8 Å². The van der Waals surface area contributed by atoms with Gasteiger partial charge in [-0.2, -0.15) is 0 Å². The van der Waals surface area contributed by atoms with Gasteiger partial charge in [-0.25, -0.2) is 0 Å². The summed E-state index contributed by atoms with van der Waals surface area (Å²) < 4.78 is 0. The van der Waals surface area contributed by atoms with Crippen LogP contribution in [0.1, 0.15) is 58.8 Å². The fraction of sp³-hybridized carbons (Fsp3) is 0.619. The van der Waals surface area contributed by atoms with Crippen LogP contribution in [0, 0.1) is 11.8 Å². The molecule has 1 N–H and O–H groups in total. The summed E-state index contributed by atoms with van der Waals surface area (Å²) in [5, 5.41) is 3.45. The van der Waals surface area contributed by atoms with Crippen molar-refractivity contribution in [3.63, 3.8) is 0 Å². The predicted octanol–water partition coefficient (Wildman–Crippen LogP) is 5.57. The van der Waals surface area contributed by atoms with Gasteiger partial charge < -0.3 is 5.32 Å². The van der Waals surface area contributed by atoms with Gasteiger partial charge in [-0.15, -0.1) is 6.58 Å². The average molecular weight is 300 g/mol. The van der Waals surface area contributed by atoms with E-state index < -0.39 is 0 Å². The maximum absolute atomic E-state index is 4.32. The molecule has 0 aromatic rings. The van der Waals surface area contributed by atoms with Crippen LogP contribution in [0.2, 0.25) is 0 Å². The fourth-order valence-corrected chi connectivity index (χ4v) is 3.73. The van der Waals surface area contributed by atoms with Crippen LogP contribution in [0.25, 0.3) is 0 Å². The molecule has 2 atom stereocenters. The van der Waals surface area contributed by atoms with Gasteiger partial charge in [0.1, 0.15) is 0 Å². The van der Waals surface area contributed by atoms with Crippen LogP contribution < -0.4 is 5.32 Å². The summed E-state index contributed by atoms with van der Waals surface area (Å²) in [5.74, 6) is 1.65. The molecule has 0 aromatic heterocycles. The summed E-state index contributed by atoms with van der Waals surface area (Å²) in [6, 6.07) is 0. The lowest BCUT2D eigenvalue weighted by Gasteiger charge is -2.27. The smallest absolute Gasteiger partial charge is 0.0132 e. The third-order valence-electron chi connectivity index (χ3n) is 5.15. The molecule has 122 valence electrons. The molecular formula is C21H33N. The van der Waals surface area contributed by atoms with Crippen LogP contribution in [-0.4, -0.2) is 13.1 Å². The van der Waals surface area contributed by atoms with Crippen LogP contribution in [0.3, 0.4) is 0 Å². The monoisotopic (exact) mass is 299 g/mol. The molecule has 0 heterocycles. The molecule has 0 bridgehead atoms. The van der Waals surface area contributed by atoms with Crippen LogP contribution >= 0.6 is 0 Å². The van der Waals surface area contributed by atoms with Gasteiger partial charge in [0.25, 0.3) is 0 Å². The van der Waals surface area contributed by atoms with Crippen molar-refractivity contribution in [2.75, 3.05) is 13.1 Å². The number of nitrogens with one attached hydrogen (secondary N) is 1. The number of allylic oxidation sites excluding steroid dienone is 4. The Morgan fingerprint density at radius 1 is 1.14 bits per heavy atom. The third-order valence-corrected chi connectivity index (χ3v) is 5.15. The Kier molecular flexibility index (Phi) is 6.70. The van der Waals surface area contributed by atoms with Gasteiger partial charge in [0, 0.05) is 6.54 Å². The molecular weight excluding hydrogens is 266 g/mol. The number of hydrogen-bond donors (Lipinski definition) is 1. The summed E-state index contributed by atoms with van der Waals surface area (Å²) in [4.78, 5) is 0. The van der Waals surface area contributed by atoms with E-state index in [0.717, 1.165) is 24.9 Å². The largest absolute Gasteiger partial charge is 0.313 e. The van der Waals surface area contributed by atoms with Crippen LogP contribution in [0.15, 0.2) is 47.6 Å². The van der Waals surface area contributed by atoms with E-state index in [1.165, 1.54) is 56.1 Å². The normalized spacial score (nSPS) is 28.3. The SMILES string of the molecule is C=CCNCCC1=C(/C=C2/CCC(C)CC2=C)CCC(C)C1. The first-order valence-corrected chi connectivity index (χ1v) is 9.01. The van der Waals surface area contributed by atoms with Crippen molar-refractivity contribution < 1.29 is 0 Å². The van der Waals surface area contributed by atoms with E-state index >= 15 is 0 Å². The summed E-state index contributed by atoms with van der Waals surface area (Å²) in [5.41, 5.74) is 6.20. The van der Waals surface area contributed by atoms with Gasteiger partial charge in [-0.05, 0) is 74.5 Å². The van der Waals surface area contributed by atoms with Crippen molar-refractivity contribution in [2.24, 2.45) is 11.8 Å². The molecule has 0 spiro atoms. The highest BCUT2D eigenvalue weighted by atomic mass is 14.8. The zero-order chi connectivity index (χ0) is 15.9. The Bertz CT molecular complexity index is 466. The summed E-state index contributed by atoms with van der Waals surface area (Å²) in [6.07, 6.45) is 13.2. The van der Waals surface area contributed by atoms with Crippen molar-refractivity contribution in [1.82, 2.24) is 5.32 Å². The van der Waals surface area contributed by atoms with Crippen molar-refractivity contribution in [3.05, 3.63) is 47.6 Å². The minimum Gasteiger partial charge on any atom is -0.313 e. The maximum atomic E-state index is 4.32. The van der Waals surface area contributed by atoms with E-state index in [-0.39, 0.29) is 0 Å². The molecule has 1 nitrogen and oxygen atoms in total. The topological polar surface area (TPSA) is 12.0 Å². The molecule has 2 aliphatic rings. The Balaban J connectivity index is 2.08. The highest BCUT2D eigenvalue weighted by Gasteiger charge is 2.20. The number of rotatable bonds is 6. The van der Waals surface area contributed by atoms with E-state index in [1.807, 2.05) is 6.08 Å². The second-order valence-electron chi connectivity index (χ2n) is 7.34. The van der Waals surface area contributed by atoms with Crippen LogP contribution in [0.5, 0.6) is 0 Å². The molecule has 0 saturated heterocycles. The quantitative estimate of drug-likeness (QED) is 0.499. The lowest BCUT2D eigenvalue weighted by atomic mass is 9.79. The standard InChI is InChI=1S/C21H33N/c1-5-11-22-12-10-21-14-17(3)7-9-20(21)15-19-8-6-16(2)13-18(19)4/h5,15-17,22H,1,4,6-14H2,2-3H3/b19-15-. The molecule has 2 unspecified atom stereocenters. The van der Waals surface area contributed by atoms with Gasteiger partial charge in [-0.1, -0.05) is 43.7 Å². The van der Waals surface area contributed by atoms with Gasteiger partial charge in [0.2, 0.25) is 0 Å². The zero-order valence-corrected chi connectivity index (χ0v) is 14.6. The molecule has 1 saturated carbocycles. The molecule has 0 aromatic carbocycles. The first-order chi connectivity index (χ1) is 10.6. The Morgan fingerprint density at radius 2 is 1.86 bits per heavy atom. The molecule has 1 fully saturated rings. The summed E-state index contributed by atoms with van der Waals surface area (Å²) in [6.45, 7) is 14.8. The van der Waals surface area contributed by atoms with E-state index in [9.17, 15) is 0 Å². The van der Waals surface area contributed by atoms with E-state index in [2.05, 4.69) is 38.4 Å². The zero-order valence-electron chi connectivity index (χ0n) is 14.6. The molecule has 0 aliphatic heterocycles. The minimum absolute atomic E-state index is 0.813. The van der Waals surface area contributed by atoms with Crippen molar-refractivity contribution >= 4 is 0 Å². The highest BCUT2D eigenvalue weighted by molar-refractivity contribution is 5.40. The second kappa shape index (κ2) is 8.53. The van der Waals surface area contributed by atoms with Crippen LogP contribution in [-0.2, 0) is 0 Å². The van der Waals surface area contributed by atoms with E-state index in [4.69, 9.17) is 0 Å². The van der Waals surface area contributed by atoms with Gasteiger partial charge in [0.15, 0.2) is 0 Å². The fourth-order valence-electron chi connectivity index (χ4n) is 3.73. The third kappa shape index (κ3) is 4.98. The molecule has 1 heteroatoms. The van der Waals surface area contributed by atoms with Gasteiger partial charge in [-0.3, -0.25) is 0 Å². The molecule has 0 amide bonds. The van der Waals surface area contributed by atoms with Gasteiger partial charge >= 0.3 is 0 Å². The first kappa shape index (κ1) is 17.3. The Hall–Kier alpha value is -1.08. The van der Waals surface area contributed by atoms with Gasteiger partial charge in [0.05, 0.1) is 0 Å². The van der Waals surface area contributed by atoms with E-state index in [1.54, 1.807) is 11.1 Å².